The molecule has 17 heavy (non-hydrogen) atoms. The molecule has 3 N–H and O–H groups in total. The van der Waals surface area contributed by atoms with Crippen molar-refractivity contribution in [2.24, 2.45) is 0 Å². The summed E-state index contributed by atoms with van der Waals surface area (Å²) in [6.07, 6.45) is 0. The van der Waals surface area contributed by atoms with Crippen molar-refractivity contribution in [3.63, 3.8) is 0 Å². The summed E-state index contributed by atoms with van der Waals surface area (Å²) >= 11 is 5.76. The number of anilines is 2. The highest BCUT2D eigenvalue weighted by molar-refractivity contribution is 7.92. The fraction of sp³-hybridized carbons (Fsp3) is 0.400. The molecule has 0 fully saturated rings. The van der Waals surface area contributed by atoms with Crippen LogP contribution in [0.3, 0.4) is 0 Å². The second-order valence-electron chi connectivity index (χ2n) is 3.35. The average Bonchev–Trinajstić information content (AvgIpc) is 2.23. The summed E-state index contributed by atoms with van der Waals surface area (Å²) in [4.78, 5) is 0. The van der Waals surface area contributed by atoms with Gasteiger partial charge in [-0.25, -0.2) is 8.42 Å². The van der Waals surface area contributed by atoms with Crippen molar-refractivity contribution in [1.82, 2.24) is 0 Å². The highest BCUT2D eigenvalue weighted by atomic mass is 35.5. The standard InChI is InChI=1S/C10H15ClN2O3S/c1-2-16-5-6-17(14,15)13-10-7-8(11)3-4-9(10)12/h3-4,7,13H,2,5-6,12H2,1H3. The van der Waals surface area contributed by atoms with Crippen LogP contribution >= 0.6 is 11.6 Å². The van der Waals surface area contributed by atoms with E-state index in [9.17, 15) is 8.42 Å². The summed E-state index contributed by atoms with van der Waals surface area (Å²) in [6.45, 7) is 2.43. The molecule has 0 bridgehead atoms. The minimum Gasteiger partial charge on any atom is -0.397 e. The summed E-state index contributed by atoms with van der Waals surface area (Å²) in [5.74, 6) is -0.118. The second-order valence-corrected chi connectivity index (χ2v) is 5.63. The number of hydrogen-bond donors (Lipinski definition) is 2. The number of halogens is 1. The lowest BCUT2D eigenvalue weighted by Crippen LogP contribution is -2.20. The first-order chi connectivity index (χ1) is 7.94. The SMILES string of the molecule is CCOCCS(=O)(=O)Nc1cc(Cl)ccc1N. The highest BCUT2D eigenvalue weighted by Gasteiger charge is 2.12. The van der Waals surface area contributed by atoms with Gasteiger partial charge in [-0.2, -0.15) is 0 Å². The van der Waals surface area contributed by atoms with Crippen LogP contribution in [0.25, 0.3) is 0 Å². The molecule has 0 aliphatic carbocycles. The van der Waals surface area contributed by atoms with Crippen LogP contribution in [-0.4, -0.2) is 27.4 Å². The molecule has 7 heteroatoms. The van der Waals surface area contributed by atoms with Crippen LogP contribution in [0.1, 0.15) is 6.92 Å². The van der Waals surface area contributed by atoms with Crippen molar-refractivity contribution in [2.75, 3.05) is 29.4 Å². The number of nitrogen functional groups attached to an aromatic ring is 1. The number of nitrogens with one attached hydrogen (secondary N) is 1. The molecule has 0 radical (unpaired) electrons. The molecule has 0 amide bonds. The van der Waals surface area contributed by atoms with Gasteiger partial charge in [0.05, 0.1) is 23.7 Å². The van der Waals surface area contributed by atoms with Crippen molar-refractivity contribution in [3.05, 3.63) is 23.2 Å². The van der Waals surface area contributed by atoms with E-state index in [1.54, 1.807) is 19.1 Å². The third kappa shape index (κ3) is 4.80. The number of rotatable bonds is 6. The largest absolute Gasteiger partial charge is 0.397 e. The van der Waals surface area contributed by atoms with Gasteiger partial charge in [0, 0.05) is 11.6 Å². The number of benzene rings is 1. The zero-order valence-electron chi connectivity index (χ0n) is 9.44. The molecule has 5 nitrogen and oxygen atoms in total. The highest BCUT2D eigenvalue weighted by Crippen LogP contribution is 2.23. The molecule has 0 saturated carbocycles. The van der Waals surface area contributed by atoms with Gasteiger partial charge in [-0.15, -0.1) is 0 Å². The predicted molar refractivity (Wildman–Crippen MR) is 69.8 cm³/mol. The Morgan fingerprint density at radius 2 is 2.18 bits per heavy atom. The molecular formula is C10H15ClN2O3S. The zero-order chi connectivity index (χ0) is 12.9. The fourth-order valence-corrected chi connectivity index (χ4v) is 2.27. The molecule has 0 unspecified atom stereocenters. The third-order valence-corrected chi connectivity index (χ3v) is 3.45. The van der Waals surface area contributed by atoms with Gasteiger partial charge in [-0.1, -0.05) is 11.6 Å². The van der Waals surface area contributed by atoms with E-state index in [1.165, 1.54) is 6.07 Å². The number of nitrogens with two attached hydrogens (primary N) is 1. The van der Waals surface area contributed by atoms with Crippen LogP contribution in [0.5, 0.6) is 0 Å². The van der Waals surface area contributed by atoms with E-state index in [-0.39, 0.29) is 18.0 Å². The minimum absolute atomic E-state index is 0.118. The van der Waals surface area contributed by atoms with Gasteiger partial charge in [0.2, 0.25) is 10.0 Å². The molecule has 96 valence electrons. The Kier molecular flexibility index (Phi) is 5.04. The smallest absolute Gasteiger partial charge is 0.235 e. The molecule has 1 aromatic rings. The number of ether oxygens (including phenoxy) is 1. The first-order valence-corrected chi connectivity index (χ1v) is 7.11. The molecule has 0 saturated heterocycles. The van der Waals surface area contributed by atoms with Crippen molar-refractivity contribution >= 4 is 33.0 Å². The van der Waals surface area contributed by atoms with Crippen molar-refractivity contribution < 1.29 is 13.2 Å². The average molecular weight is 279 g/mol. The first-order valence-electron chi connectivity index (χ1n) is 5.08. The fourth-order valence-electron chi connectivity index (χ4n) is 1.15. The second kappa shape index (κ2) is 6.09. The van der Waals surface area contributed by atoms with Crippen LogP contribution in [0.15, 0.2) is 18.2 Å². The molecule has 0 heterocycles. The molecular weight excluding hydrogens is 264 g/mol. The van der Waals surface area contributed by atoms with Gasteiger partial charge in [-0.05, 0) is 25.1 Å². The van der Waals surface area contributed by atoms with Crippen molar-refractivity contribution in [1.29, 1.82) is 0 Å². The molecule has 0 aromatic heterocycles. The lowest BCUT2D eigenvalue weighted by Gasteiger charge is -2.10. The molecule has 0 aliphatic heterocycles. The summed E-state index contributed by atoms with van der Waals surface area (Å²) in [6, 6.07) is 4.60. The number of hydrogen-bond acceptors (Lipinski definition) is 4. The topological polar surface area (TPSA) is 81.4 Å². The Morgan fingerprint density at radius 1 is 1.47 bits per heavy atom. The normalized spacial score (nSPS) is 11.4. The summed E-state index contributed by atoms with van der Waals surface area (Å²) in [7, 11) is -3.46. The van der Waals surface area contributed by atoms with Crippen molar-refractivity contribution in [3.8, 4) is 0 Å². The Balaban J connectivity index is 2.72. The van der Waals surface area contributed by atoms with E-state index in [4.69, 9.17) is 22.1 Å². The number of sulfonamides is 1. The van der Waals surface area contributed by atoms with Gasteiger partial charge in [0.25, 0.3) is 0 Å². The monoisotopic (exact) mass is 278 g/mol. The van der Waals surface area contributed by atoms with E-state index in [0.29, 0.717) is 17.3 Å². The Hall–Kier alpha value is -0.980. The summed E-state index contributed by atoms with van der Waals surface area (Å²) in [5, 5.41) is 0.418. The van der Waals surface area contributed by atoms with Gasteiger partial charge in [0.15, 0.2) is 0 Å². The van der Waals surface area contributed by atoms with E-state index in [0.717, 1.165) is 0 Å². The van der Waals surface area contributed by atoms with Gasteiger partial charge in [0.1, 0.15) is 0 Å². The van der Waals surface area contributed by atoms with E-state index in [2.05, 4.69) is 4.72 Å². The van der Waals surface area contributed by atoms with E-state index >= 15 is 0 Å². The van der Waals surface area contributed by atoms with Gasteiger partial charge < -0.3 is 10.5 Å². The predicted octanol–water partition coefficient (Wildman–Crippen LogP) is 1.70. The third-order valence-electron chi connectivity index (χ3n) is 1.98. The van der Waals surface area contributed by atoms with Crippen LogP contribution in [0.4, 0.5) is 11.4 Å². The lowest BCUT2D eigenvalue weighted by molar-refractivity contribution is 0.163. The van der Waals surface area contributed by atoms with Gasteiger partial charge in [-0.3, -0.25) is 4.72 Å². The Morgan fingerprint density at radius 3 is 2.82 bits per heavy atom. The van der Waals surface area contributed by atoms with Crippen LogP contribution in [0, 0.1) is 0 Å². The first kappa shape index (κ1) is 14.1. The van der Waals surface area contributed by atoms with Crippen LogP contribution < -0.4 is 10.5 Å². The molecule has 1 aromatic carbocycles. The maximum absolute atomic E-state index is 11.6. The lowest BCUT2D eigenvalue weighted by atomic mass is 10.3. The molecule has 0 atom stereocenters. The Bertz CT molecular complexity index is 476. The summed E-state index contributed by atoms with van der Waals surface area (Å²) in [5.41, 5.74) is 6.25. The molecule has 0 aliphatic rings. The summed E-state index contributed by atoms with van der Waals surface area (Å²) < 4.78 is 30.7. The minimum atomic E-state index is -3.46. The maximum atomic E-state index is 11.6. The van der Waals surface area contributed by atoms with Gasteiger partial charge >= 0.3 is 0 Å². The van der Waals surface area contributed by atoms with Crippen LogP contribution in [0.2, 0.25) is 5.02 Å². The maximum Gasteiger partial charge on any atom is 0.235 e. The van der Waals surface area contributed by atoms with Crippen molar-refractivity contribution in [2.45, 2.75) is 6.92 Å². The molecule has 1 rings (SSSR count). The Labute approximate surface area is 106 Å². The van der Waals surface area contributed by atoms with Crippen LogP contribution in [-0.2, 0) is 14.8 Å². The zero-order valence-corrected chi connectivity index (χ0v) is 11.0. The molecule has 0 spiro atoms. The van der Waals surface area contributed by atoms with E-state index in [1.807, 2.05) is 0 Å². The quantitative estimate of drug-likeness (QED) is 0.613. The van der Waals surface area contributed by atoms with E-state index < -0.39 is 10.0 Å².